The zero-order chi connectivity index (χ0) is 20.6. The summed E-state index contributed by atoms with van der Waals surface area (Å²) in [6.07, 6.45) is -1.97. The van der Waals surface area contributed by atoms with Gasteiger partial charge in [-0.1, -0.05) is 6.07 Å². The number of methoxy groups -OCH3 is 1. The van der Waals surface area contributed by atoms with Gasteiger partial charge in [0.2, 0.25) is 0 Å². The van der Waals surface area contributed by atoms with Crippen LogP contribution in [0, 0.1) is 0 Å². The first kappa shape index (κ1) is 19.2. The van der Waals surface area contributed by atoms with Crippen molar-refractivity contribution in [3.63, 3.8) is 0 Å². The number of aromatic nitrogens is 3. The molecule has 1 aliphatic rings. The Morgan fingerprint density at radius 1 is 1.21 bits per heavy atom. The second-order valence-corrected chi connectivity index (χ2v) is 7.02. The molecule has 1 fully saturated rings. The smallest absolute Gasteiger partial charge is 0.417 e. The molecule has 2 aromatic heterocycles. The van der Waals surface area contributed by atoms with Crippen LogP contribution in [-0.4, -0.2) is 45.6 Å². The molecule has 6 nitrogen and oxygen atoms in total. The summed E-state index contributed by atoms with van der Waals surface area (Å²) in [5.74, 6) is 0.692. The number of carbonyl (C=O) groups excluding carboxylic acids is 1. The Labute approximate surface area is 164 Å². The summed E-state index contributed by atoms with van der Waals surface area (Å²) in [7, 11) is 1.53. The van der Waals surface area contributed by atoms with E-state index in [0.717, 1.165) is 25.1 Å². The maximum Gasteiger partial charge on any atom is 0.417 e. The van der Waals surface area contributed by atoms with Crippen molar-refractivity contribution in [3.8, 4) is 5.75 Å². The predicted molar refractivity (Wildman–Crippen MR) is 98.9 cm³/mol. The monoisotopic (exact) mass is 404 g/mol. The van der Waals surface area contributed by atoms with Crippen molar-refractivity contribution in [1.82, 2.24) is 19.5 Å². The Hall–Kier alpha value is -3.10. The molecular weight excluding hydrogens is 385 g/mol. The van der Waals surface area contributed by atoms with Crippen molar-refractivity contribution in [2.24, 2.45) is 0 Å². The van der Waals surface area contributed by atoms with Crippen LogP contribution in [-0.2, 0) is 6.18 Å². The van der Waals surface area contributed by atoms with E-state index in [1.807, 2.05) is 0 Å². The van der Waals surface area contributed by atoms with Gasteiger partial charge in [-0.2, -0.15) is 13.2 Å². The highest BCUT2D eigenvalue weighted by molar-refractivity contribution is 5.94. The number of rotatable bonds is 3. The molecule has 1 saturated heterocycles. The number of piperidine rings is 1. The van der Waals surface area contributed by atoms with E-state index in [9.17, 15) is 18.0 Å². The number of ether oxygens (including phenoxy) is 1. The number of hydrogen-bond acceptors (Lipinski definition) is 4. The van der Waals surface area contributed by atoms with E-state index in [0.29, 0.717) is 35.9 Å². The van der Waals surface area contributed by atoms with Crippen LogP contribution in [0.5, 0.6) is 5.75 Å². The largest absolute Gasteiger partial charge is 0.497 e. The summed E-state index contributed by atoms with van der Waals surface area (Å²) in [5, 5.41) is 8.12. The molecule has 1 unspecified atom stereocenters. The molecule has 0 radical (unpaired) electrons. The molecule has 29 heavy (non-hydrogen) atoms. The minimum Gasteiger partial charge on any atom is -0.497 e. The number of likely N-dealkylation sites (tertiary alicyclic amines) is 1. The van der Waals surface area contributed by atoms with Crippen molar-refractivity contribution in [3.05, 3.63) is 59.5 Å². The van der Waals surface area contributed by atoms with Crippen molar-refractivity contribution in [2.75, 3.05) is 20.2 Å². The van der Waals surface area contributed by atoms with Crippen molar-refractivity contribution in [2.45, 2.75) is 24.9 Å². The number of hydrogen-bond donors (Lipinski definition) is 0. The molecule has 9 heteroatoms. The Balaban J connectivity index is 1.60. The Morgan fingerprint density at radius 3 is 2.79 bits per heavy atom. The van der Waals surface area contributed by atoms with Gasteiger partial charge < -0.3 is 9.64 Å². The number of fused-ring (bicyclic) bond motifs is 1. The fraction of sp³-hybridized carbons (Fsp3) is 0.350. The number of carbonyl (C=O) groups is 1. The topological polar surface area (TPSA) is 59.7 Å². The molecule has 4 rings (SSSR count). The average Bonchev–Trinajstić information content (AvgIpc) is 3.16. The van der Waals surface area contributed by atoms with Gasteiger partial charge >= 0.3 is 6.18 Å². The van der Waals surface area contributed by atoms with Crippen LogP contribution in [0.4, 0.5) is 13.2 Å². The summed E-state index contributed by atoms with van der Waals surface area (Å²) in [5.41, 5.74) is 0.103. The lowest BCUT2D eigenvalue weighted by Crippen LogP contribution is -2.39. The van der Waals surface area contributed by atoms with Crippen LogP contribution in [0.2, 0.25) is 0 Å². The van der Waals surface area contributed by atoms with E-state index in [4.69, 9.17) is 4.74 Å². The average molecular weight is 404 g/mol. The maximum absolute atomic E-state index is 13.1. The van der Waals surface area contributed by atoms with E-state index in [-0.39, 0.29) is 11.8 Å². The number of alkyl halides is 3. The van der Waals surface area contributed by atoms with Gasteiger partial charge in [-0.05, 0) is 43.2 Å². The Morgan fingerprint density at radius 2 is 2.03 bits per heavy atom. The van der Waals surface area contributed by atoms with Gasteiger partial charge in [0.05, 0.1) is 12.7 Å². The normalized spacial score (nSPS) is 17.5. The van der Waals surface area contributed by atoms with Gasteiger partial charge in [-0.25, -0.2) is 0 Å². The van der Waals surface area contributed by atoms with Gasteiger partial charge in [0.15, 0.2) is 5.65 Å². The standard InChI is InChI=1S/C20H19F3N4O2/c1-29-16-6-2-4-13(10-16)19(28)26-9-3-5-14(11-26)18-25-24-17-8-7-15(12-27(17)18)20(21,22)23/h2,4,6-8,10,12,14H,3,5,9,11H2,1H3. The first-order valence-corrected chi connectivity index (χ1v) is 9.22. The molecule has 0 aliphatic carbocycles. The molecule has 0 spiro atoms. The minimum atomic E-state index is -4.45. The molecule has 1 atom stereocenters. The van der Waals surface area contributed by atoms with Crippen molar-refractivity contribution in [1.29, 1.82) is 0 Å². The molecule has 152 valence electrons. The zero-order valence-electron chi connectivity index (χ0n) is 15.7. The molecule has 0 saturated carbocycles. The fourth-order valence-corrected chi connectivity index (χ4v) is 3.67. The van der Waals surface area contributed by atoms with Crippen LogP contribution in [0.15, 0.2) is 42.6 Å². The highest BCUT2D eigenvalue weighted by Gasteiger charge is 2.33. The van der Waals surface area contributed by atoms with E-state index in [1.165, 1.54) is 17.6 Å². The second-order valence-electron chi connectivity index (χ2n) is 7.02. The van der Waals surface area contributed by atoms with E-state index in [2.05, 4.69) is 10.2 Å². The molecule has 1 aliphatic heterocycles. The highest BCUT2D eigenvalue weighted by Crippen LogP contribution is 2.31. The molecule has 3 heterocycles. The predicted octanol–water partition coefficient (Wildman–Crippen LogP) is 3.78. The Bertz CT molecular complexity index is 1050. The molecular formula is C20H19F3N4O2. The van der Waals surface area contributed by atoms with Gasteiger partial charge in [0.1, 0.15) is 11.6 Å². The lowest BCUT2D eigenvalue weighted by molar-refractivity contribution is -0.137. The molecule has 1 amide bonds. The number of halogens is 3. The minimum absolute atomic E-state index is 0.140. The maximum atomic E-state index is 13.1. The first-order valence-electron chi connectivity index (χ1n) is 9.22. The molecule has 3 aromatic rings. The number of nitrogens with zero attached hydrogens (tertiary/aromatic N) is 4. The quantitative estimate of drug-likeness (QED) is 0.667. The van der Waals surface area contributed by atoms with Crippen LogP contribution in [0.3, 0.4) is 0 Å². The van der Waals surface area contributed by atoms with E-state index in [1.54, 1.807) is 29.2 Å². The van der Waals surface area contributed by atoms with Crippen LogP contribution in [0.1, 0.15) is 40.5 Å². The van der Waals surface area contributed by atoms with Crippen molar-refractivity contribution >= 4 is 11.6 Å². The van der Waals surface area contributed by atoms with E-state index >= 15 is 0 Å². The summed E-state index contributed by atoms with van der Waals surface area (Å²) < 4.78 is 45.8. The Kier molecular flexibility index (Phi) is 4.89. The van der Waals surface area contributed by atoms with Gasteiger partial charge in [0.25, 0.3) is 5.91 Å². The number of amides is 1. The van der Waals surface area contributed by atoms with Gasteiger partial charge in [-0.3, -0.25) is 9.20 Å². The van der Waals surface area contributed by atoms with Crippen molar-refractivity contribution < 1.29 is 22.7 Å². The lowest BCUT2D eigenvalue weighted by atomic mass is 9.96. The summed E-state index contributed by atoms with van der Waals surface area (Å²) in [6, 6.07) is 9.20. The third-order valence-electron chi connectivity index (χ3n) is 5.15. The molecule has 1 aromatic carbocycles. The summed E-state index contributed by atoms with van der Waals surface area (Å²) in [6.45, 7) is 0.949. The highest BCUT2D eigenvalue weighted by atomic mass is 19.4. The second kappa shape index (κ2) is 7.38. The van der Waals surface area contributed by atoms with Gasteiger partial charge in [0, 0.05) is 30.8 Å². The number of pyridine rings is 1. The first-order chi connectivity index (χ1) is 13.9. The number of benzene rings is 1. The third-order valence-corrected chi connectivity index (χ3v) is 5.15. The van der Waals surface area contributed by atoms with E-state index < -0.39 is 11.7 Å². The summed E-state index contributed by atoms with van der Waals surface area (Å²) in [4.78, 5) is 14.6. The fourth-order valence-electron chi connectivity index (χ4n) is 3.67. The van der Waals surface area contributed by atoms with Gasteiger partial charge in [-0.15, -0.1) is 10.2 Å². The molecule has 0 N–H and O–H groups in total. The SMILES string of the molecule is COc1cccc(C(=O)N2CCCC(c3nnc4ccc(C(F)(F)F)cn34)C2)c1. The lowest BCUT2D eigenvalue weighted by Gasteiger charge is -2.32. The van der Waals surface area contributed by atoms with Crippen LogP contribution >= 0.6 is 0 Å². The zero-order valence-corrected chi connectivity index (χ0v) is 15.7. The third kappa shape index (κ3) is 3.76. The van der Waals surface area contributed by atoms with Crippen LogP contribution < -0.4 is 4.74 Å². The molecule has 0 bridgehead atoms. The van der Waals surface area contributed by atoms with Crippen LogP contribution in [0.25, 0.3) is 5.65 Å². The summed E-state index contributed by atoms with van der Waals surface area (Å²) >= 11 is 0.